The molecule has 0 aliphatic heterocycles. The van der Waals surface area contributed by atoms with Gasteiger partial charge in [-0.3, -0.25) is 14.4 Å². The molecule has 2 amide bonds. The topological polar surface area (TPSA) is 112 Å². The van der Waals surface area contributed by atoms with Gasteiger partial charge >= 0.3 is 0 Å². The summed E-state index contributed by atoms with van der Waals surface area (Å²) in [6, 6.07) is 0. The summed E-state index contributed by atoms with van der Waals surface area (Å²) in [5, 5.41) is 5.19. The molecule has 0 unspecified atom stereocenters. The number of amides is 2. The second-order valence-corrected chi connectivity index (χ2v) is 5.26. The van der Waals surface area contributed by atoms with Crippen molar-refractivity contribution in [2.45, 2.75) is 26.7 Å². The van der Waals surface area contributed by atoms with E-state index in [1.54, 1.807) is 13.8 Å². The lowest BCUT2D eigenvalue weighted by molar-refractivity contribution is -0.128. The molecule has 26 heavy (non-hydrogen) atoms. The van der Waals surface area contributed by atoms with Crippen molar-refractivity contribution in [2.24, 2.45) is 0 Å². The highest BCUT2D eigenvalue weighted by molar-refractivity contribution is 5.86. The first-order valence-corrected chi connectivity index (χ1v) is 8.96. The molecule has 0 spiro atoms. The minimum Gasteiger partial charge on any atom is -0.377 e. The maximum atomic E-state index is 11.3. The molecule has 0 radical (unpaired) electrons. The van der Waals surface area contributed by atoms with Crippen LogP contribution in [-0.2, 0) is 33.3 Å². The van der Waals surface area contributed by atoms with Crippen LogP contribution in [0.2, 0.25) is 0 Å². The van der Waals surface area contributed by atoms with E-state index in [1.807, 2.05) is 0 Å². The summed E-state index contributed by atoms with van der Waals surface area (Å²) in [6.45, 7) is 6.89. The molecule has 0 saturated heterocycles. The quantitative estimate of drug-likeness (QED) is 0.315. The third-order valence-electron chi connectivity index (χ3n) is 3.12. The summed E-state index contributed by atoms with van der Waals surface area (Å²) in [6.07, 6.45) is 0.877. The van der Waals surface area contributed by atoms with Crippen LogP contribution in [0.3, 0.4) is 0 Å². The van der Waals surface area contributed by atoms with Crippen molar-refractivity contribution in [1.29, 1.82) is 0 Å². The molecule has 0 aromatic carbocycles. The maximum absolute atomic E-state index is 11.3. The molecule has 0 aromatic heterocycles. The molecule has 152 valence electrons. The number of Topliss-reactive ketones (excluding diaryl/α,β-unsaturated/α-hetero) is 1. The van der Waals surface area contributed by atoms with Crippen LogP contribution in [0.1, 0.15) is 26.7 Å². The van der Waals surface area contributed by atoms with Gasteiger partial charge in [0.25, 0.3) is 0 Å². The Hall–Kier alpha value is -1.55. The first-order valence-electron chi connectivity index (χ1n) is 8.96. The van der Waals surface area contributed by atoms with Crippen LogP contribution in [0.15, 0.2) is 0 Å². The third kappa shape index (κ3) is 17.3. The van der Waals surface area contributed by atoms with Crippen molar-refractivity contribution >= 4 is 17.6 Å². The van der Waals surface area contributed by atoms with E-state index < -0.39 is 0 Å². The predicted molar refractivity (Wildman–Crippen MR) is 94.9 cm³/mol. The number of rotatable bonds is 18. The Morgan fingerprint density at radius 2 is 1.19 bits per heavy atom. The Morgan fingerprint density at radius 3 is 1.73 bits per heavy atom. The Kier molecular flexibility index (Phi) is 17.2. The largest absolute Gasteiger partial charge is 0.377 e. The normalized spacial score (nSPS) is 10.5. The first kappa shape index (κ1) is 24.5. The molecule has 0 rings (SSSR count). The lowest BCUT2D eigenvalue weighted by Gasteiger charge is -2.08. The van der Waals surface area contributed by atoms with Gasteiger partial charge in [-0.25, -0.2) is 0 Å². The van der Waals surface area contributed by atoms with Gasteiger partial charge < -0.3 is 29.6 Å². The molecular weight excluding hydrogens is 344 g/mol. The van der Waals surface area contributed by atoms with Gasteiger partial charge in [-0.15, -0.1) is 0 Å². The van der Waals surface area contributed by atoms with Crippen LogP contribution in [-0.4, -0.2) is 83.5 Å². The average Bonchev–Trinajstić information content (AvgIpc) is 2.65. The fourth-order valence-corrected chi connectivity index (χ4v) is 1.59. The Morgan fingerprint density at radius 1 is 0.654 bits per heavy atom. The van der Waals surface area contributed by atoms with Crippen LogP contribution in [0.4, 0.5) is 0 Å². The highest BCUT2D eigenvalue weighted by Crippen LogP contribution is 1.84. The van der Waals surface area contributed by atoms with Gasteiger partial charge in [0.1, 0.15) is 6.61 Å². The van der Waals surface area contributed by atoms with E-state index in [0.717, 1.165) is 0 Å². The monoisotopic (exact) mass is 376 g/mol. The van der Waals surface area contributed by atoms with E-state index in [2.05, 4.69) is 10.6 Å². The van der Waals surface area contributed by atoms with Gasteiger partial charge in [-0.2, -0.15) is 0 Å². The highest BCUT2D eigenvalue weighted by Gasteiger charge is 2.03. The summed E-state index contributed by atoms with van der Waals surface area (Å²) in [7, 11) is 0. The van der Waals surface area contributed by atoms with E-state index in [1.165, 1.54) is 0 Å². The molecule has 0 fully saturated rings. The molecule has 0 aromatic rings. The molecule has 9 heteroatoms. The average molecular weight is 376 g/mol. The molecular formula is C17H32N2O7. The molecule has 2 N–H and O–H groups in total. The van der Waals surface area contributed by atoms with Crippen LogP contribution in [0, 0.1) is 0 Å². The Balaban J connectivity index is 3.18. The van der Waals surface area contributed by atoms with E-state index >= 15 is 0 Å². The van der Waals surface area contributed by atoms with Gasteiger partial charge in [0.15, 0.2) is 5.78 Å². The number of carbonyl (C=O) groups is 3. The number of hydrogen-bond donors (Lipinski definition) is 2. The molecule has 0 bridgehead atoms. The first-order chi connectivity index (χ1) is 12.6. The second-order valence-electron chi connectivity index (χ2n) is 5.26. The number of hydrogen-bond acceptors (Lipinski definition) is 7. The Bertz CT molecular complexity index is 391. The number of carbonyl (C=O) groups excluding carboxylic acids is 3. The Labute approximate surface area is 155 Å². The molecule has 9 nitrogen and oxygen atoms in total. The maximum Gasteiger partial charge on any atom is 0.246 e. The van der Waals surface area contributed by atoms with Gasteiger partial charge in [-0.05, 0) is 0 Å². The summed E-state index contributed by atoms with van der Waals surface area (Å²) < 4.78 is 21.0. The van der Waals surface area contributed by atoms with Gasteiger partial charge in [-0.1, -0.05) is 13.8 Å². The zero-order valence-corrected chi connectivity index (χ0v) is 15.8. The number of ether oxygens (including phenoxy) is 4. The zero-order chi connectivity index (χ0) is 19.5. The van der Waals surface area contributed by atoms with Crippen molar-refractivity contribution < 1.29 is 33.3 Å². The molecule has 0 saturated carbocycles. The minimum atomic E-state index is -0.315. The molecule has 0 aliphatic rings. The molecule has 0 heterocycles. The van der Waals surface area contributed by atoms with Crippen LogP contribution >= 0.6 is 0 Å². The smallest absolute Gasteiger partial charge is 0.246 e. The standard InChI is InChI=1S/C17H32N2O7/c1-3-15(20)13-19-17(22)14-26-12-11-25-10-9-24-8-7-23-6-5-18-16(21)4-2/h3-14H2,1-2H3,(H,18,21)(H,19,22). The summed E-state index contributed by atoms with van der Waals surface area (Å²) >= 11 is 0. The van der Waals surface area contributed by atoms with Crippen LogP contribution < -0.4 is 10.6 Å². The van der Waals surface area contributed by atoms with Crippen LogP contribution in [0.25, 0.3) is 0 Å². The highest BCUT2D eigenvalue weighted by atomic mass is 16.6. The third-order valence-corrected chi connectivity index (χ3v) is 3.12. The van der Waals surface area contributed by atoms with Crippen molar-refractivity contribution in [3.05, 3.63) is 0 Å². The molecule has 0 aliphatic carbocycles. The van der Waals surface area contributed by atoms with Crippen molar-refractivity contribution in [1.82, 2.24) is 10.6 Å². The van der Waals surface area contributed by atoms with Crippen molar-refractivity contribution in [2.75, 3.05) is 65.9 Å². The fraction of sp³-hybridized carbons (Fsp3) is 0.824. The summed E-state index contributed by atoms with van der Waals surface area (Å²) in [5.41, 5.74) is 0. The fourth-order valence-electron chi connectivity index (χ4n) is 1.59. The van der Waals surface area contributed by atoms with Gasteiger partial charge in [0.2, 0.25) is 11.8 Å². The molecule has 0 atom stereocenters. The van der Waals surface area contributed by atoms with Gasteiger partial charge in [0, 0.05) is 19.4 Å². The second kappa shape index (κ2) is 18.2. The van der Waals surface area contributed by atoms with Gasteiger partial charge in [0.05, 0.1) is 52.8 Å². The van der Waals surface area contributed by atoms with E-state index in [4.69, 9.17) is 18.9 Å². The van der Waals surface area contributed by atoms with E-state index in [9.17, 15) is 14.4 Å². The number of nitrogens with one attached hydrogen (secondary N) is 2. The minimum absolute atomic E-state index is 0.0122. The van der Waals surface area contributed by atoms with E-state index in [-0.39, 0.29) is 30.7 Å². The zero-order valence-electron chi connectivity index (χ0n) is 15.8. The van der Waals surface area contributed by atoms with Crippen molar-refractivity contribution in [3.8, 4) is 0 Å². The SMILES string of the molecule is CCC(=O)CNC(=O)COCCOCCOCCOCCNC(=O)CC. The predicted octanol–water partition coefficient (Wildman–Crippen LogP) is -0.326. The van der Waals surface area contributed by atoms with Crippen LogP contribution in [0.5, 0.6) is 0 Å². The van der Waals surface area contributed by atoms with E-state index in [0.29, 0.717) is 65.6 Å². The summed E-state index contributed by atoms with van der Waals surface area (Å²) in [4.78, 5) is 33.3. The summed E-state index contributed by atoms with van der Waals surface area (Å²) in [5.74, 6) is -0.321. The number of ketones is 1. The lowest BCUT2D eigenvalue weighted by atomic mass is 10.3. The van der Waals surface area contributed by atoms with Crippen molar-refractivity contribution in [3.63, 3.8) is 0 Å². The lowest BCUT2D eigenvalue weighted by Crippen LogP contribution is -2.32.